The molecule has 0 unspecified atom stereocenters. The summed E-state index contributed by atoms with van der Waals surface area (Å²) in [6.07, 6.45) is -1.86. The zero-order chi connectivity index (χ0) is 35.9. The Labute approximate surface area is 282 Å². The van der Waals surface area contributed by atoms with Gasteiger partial charge in [-0.25, -0.2) is 9.59 Å². The minimum absolute atomic E-state index is 0.0350. The Balaban J connectivity index is 1.92. The van der Waals surface area contributed by atoms with Crippen LogP contribution in [0.1, 0.15) is 74.0 Å². The number of carbonyl (C=O) groups excluding carboxylic acids is 2. The van der Waals surface area contributed by atoms with E-state index in [1.54, 1.807) is 58.6 Å². The van der Waals surface area contributed by atoms with Crippen molar-refractivity contribution in [3.05, 3.63) is 48.0 Å². The first-order valence-electron chi connectivity index (χ1n) is 16.2. The number of rotatable bonds is 14. The fourth-order valence-electron chi connectivity index (χ4n) is 5.10. The van der Waals surface area contributed by atoms with Gasteiger partial charge in [0, 0.05) is 11.8 Å². The number of nitrogens with zero attached hydrogens (tertiary/aromatic N) is 3. The molecule has 0 spiro atoms. The number of hydrogen-bond acceptors (Lipinski definition) is 9. The van der Waals surface area contributed by atoms with Crippen LogP contribution in [0, 0.1) is 0 Å². The van der Waals surface area contributed by atoms with Gasteiger partial charge in [0.1, 0.15) is 23.6 Å². The van der Waals surface area contributed by atoms with E-state index in [0.717, 1.165) is 28.4 Å². The molecule has 0 radical (unpaired) electrons. The van der Waals surface area contributed by atoms with E-state index in [4.69, 9.17) is 24.4 Å². The van der Waals surface area contributed by atoms with Crippen molar-refractivity contribution in [1.82, 2.24) is 14.7 Å². The molecule has 0 saturated carbocycles. The fraction of sp³-hybridized carbons (Fsp3) is 0.559. The summed E-state index contributed by atoms with van der Waals surface area (Å²) in [5, 5.41) is 4.10. The SMILES string of the molecule is CC[Si](CC)(CC)O[C@@H](CN(CCOc1ccc2c(OC(F)F)nn(C(=O)OC(C)(C)C)c2c1)C(=O)OC(C)(C)C)c1cccc(N)c1. The smallest absolute Gasteiger partial charge is 0.435 e. The molecule has 1 atom stereocenters. The van der Waals surface area contributed by atoms with E-state index in [2.05, 4.69) is 30.6 Å². The van der Waals surface area contributed by atoms with Crippen molar-refractivity contribution in [1.29, 1.82) is 0 Å². The van der Waals surface area contributed by atoms with Crippen molar-refractivity contribution >= 4 is 37.1 Å². The molecule has 3 rings (SSSR count). The quantitative estimate of drug-likeness (QED) is 0.131. The van der Waals surface area contributed by atoms with E-state index in [0.29, 0.717) is 11.4 Å². The second kappa shape index (κ2) is 16.0. The average molecular weight is 693 g/mol. The Hall–Kier alpha value is -3.91. The lowest BCUT2D eigenvalue weighted by Gasteiger charge is -2.36. The predicted octanol–water partition coefficient (Wildman–Crippen LogP) is 8.38. The Morgan fingerprint density at radius 3 is 2.17 bits per heavy atom. The van der Waals surface area contributed by atoms with Crippen LogP contribution in [0.2, 0.25) is 18.1 Å². The third-order valence-electron chi connectivity index (χ3n) is 7.66. The molecular formula is C34H50F2N4O7Si. The van der Waals surface area contributed by atoms with Crippen LogP contribution in [0.15, 0.2) is 42.5 Å². The summed E-state index contributed by atoms with van der Waals surface area (Å²) in [5.41, 5.74) is 6.14. The van der Waals surface area contributed by atoms with Crippen LogP contribution >= 0.6 is 0 Å². The first-order valence-corrected chi connectivity index (χ1v) is 18.8. The lowest BCUT2D eigenvalue weighted by molar-refractivity contribution is -0.0523. The molecule has 48 heavy (non-hydrogen) atoms. The third kappa shape index (κ3) is 10.8. The van der Waals surface area contributed by atoms with Gasteiger partial charge in [-0.1, -0.05) is 32.9 Å². The number of carbonyl (C=O) groups is 2. The first-order chi connectivity index (χ1) is 22.4. The molecule has 14 heteroatoms. The first kappa shape index (κ1) is 38.5. The van der Waals surface area contributed by atoms with Crippen LogP contribution in [0.5, 0.6) is 11.6 Å². The van der Waals surface area contributed by atoms with Crippen LogP contribution in [-0.2, 0) is 13.9 Å². The van der Waals surface area contributed by atoms with Gasteiger partial charge in [-0.15, -0.1) is 5.10 Å². The zero-order valence-electron chi connectivity index (χ0n) is 29.5. The molecule has 0 fully saturated rings. The fourth-order valence-corrected chi connectivity index (χ4v) is 7.92. The molecular weight excluding hydrogens is 642 g/mol. The molecule has 2 N–H and O–H groups in total. The van der Waals surface area contributed by atoms with Gasteiger partial charge in [-0.2, -0.15) is 13.5 Å². The van der Waals surface area contributed by atoms with E-state index in [9.17, 15) is 18.4 Å². The van der Waals surface area contributed by atoms with Gasteiger partial charge in [0.25, 0.3) is 0 Å². The number of nitrogen functional groups attached to an aromatic ring is 1. The number of alkyl halides is 2. The van der Waals surface area contributed by atoms with E-state index in [1.165, 1.54) is 12.1 Å². The number of aromatic nitrogens is 2. The molecule has 1 aromatic heterocycles. The van der Waals surface area contributed by atoms with Crippen LogP contribution < -0.4 is 15.2 Å². The summed E-state index contributed by atoms with van der Waals surface area (Å²) in [4.78, 5) is 28.0. The normalized spacial score (nSPS) is 13.0. The predicted molar refractivity (Wildman–Crippen MR) is 183 cm³/mol. The Bertz CT molecular complexity index is 1530. The van der Waals surface area contributed by atoms with Gasteiger partial charge in [0.15, 0.2) is 8.32 Å². The summed E-state index contributed by atoms with van der Waals surface area (Å²) >= 11 is 0. The summed E-state index contributed by atoms with van der Waals surface area (Å²) in [6, 6.07) is 14.7. The van der Waals surface area contributed by atoms with E-state index in [-0.39, 0.29) is 30.6 Å². The Kier molecular flexibility index (Phi) is 12.8. The van der Waals surface area contributed by atoms with Crippen LogP contribution in [0.3, 0.4) is 0 Å². The van der Waals surface area contributed by atoms with Gasteiger partial charge in [-0.3, -0.25) is 0 Å². The van der Waals surface area contributed by atoms with Gasteiger partial charge in [0.05, 0.1) is 30.1 Å². The lowest BCUT2D eigenvalue weighted by atomic mass is 10.1. The van der Waals surface area contributed by atoms with Gasteiger partial charge >= 0.3 is 18.8 Å². The summed E-state index contributed by atoms with van der Waals surface area (Å²) < 4.78 is 55.8. The molecule has 0 aliphatic carbocycles. The minimum Gasteiger partial charge on any atom is -0.492 e. The van der Waals surface area contributed by atoms with Crippen LogP contribution in [-0.4, -0.2) is 72.7 Å². The number of ether oxygens (including phenoxy) is 4. The van der Waals surface area contributed by atoms with Crippen molar-refractivity contribution in [3.8, 4) is 11.6 Å². The maximum Gasteiger partial charge on any atom is 0.435 e. The van der Waals surface area contributed by atoms with Gasteiger partial charge in [0.2, 0.25) is 5.88 Å². The molecule has 1 heterocycles. The summed E-state index contributed by atoms with van der Waals surface area (Å²) in [6.45, 7) is 14.0. The number of halogens is 2. The van der Waals surface area contributed by atoms with Crippen molar-refractivity contribution in [3.63, 3.8) is 0 Å². The highest BCUT2D eigenvalue weighted by atomic mass is 28.4. The van der Waals surface area contributed by atoms with Crippen LogP contribution in [0.4, 0.5) is 24.1 Å². The summed E-state index contributed by atoms with van der Waals surface area (Å²) in [7, 11) is -2.13. The molecule has 266 valence electrons. The second-order valence-electron chi connectivity index (χ2n) is 13.5. The lowest BCUT2D eigenvalue weighted by Crippen LogP contribution is -2.45. The largest absolute Gasteiger partial charge is 0.492 e. The molecule has 0 aliphatic heterocycles. The van der Waals surface area contributed by atoms with Crippen LogP contribution in [0.25, 0.3) is 10.9 Å². The Morgan fingerprint density at radius 1 is 0.958 bits per heavy atom. The topological polar surface area (TPSA) is 127 Å². The molecule has 3 aromatic rings. The molecule has 2 aromatic carbocycles. The number of hydrogen-bond donors (Lipinski definition) is 1. The zero-order valence-corrected chi connectivity index (χ0v) is 30.5. The van der Waals surface area contributed by atoms with Gasteiger partial charge in [-0.05, 0) is 89.5 Å². The maximum absolute atomic E-state index is 13.5. The molecule has 0 saturated heterocycles. The average Bonchev–Trinajstić information content (AvgIpc) is 3.34. The Morgan fingerprint density at radius 2 is 1.60 bits per heavy atom. The number of anilines is 1. The van der Waals surface area contributed by atoms with Crippen molar-refractivity contribution in [2.45, 2.75) is 104 Å². The number of amides is 1. The van der Waals surface area contributed by atoms with Gasteiger partial charge < -0.3 is 34.0 Å². The second-order valence-corrected chi connectivity index (χ2v) is 18.3. The molecule has 0 aliphatic rings. The highest BCUT2D eigenvalue weighted by Crippen LogP contribution is 2.33. The monoisotopic (exact) mass is 692 g/mol. The highest BCUT2D eigenvalue weighted by molar-refractivity contribution is 6.73. The standard InChI is InChI=1S/C34H50F2N4O7Si/c1-10-48(11-2,12-3)47-28(23-14-13-15-24(37)20-23)22-39(31(41)45-33(4,5)6)18-19-43-25-16-17-26-27(21-25)40(32(42)46-34(7,8)9)38-29(26)44-30(35)36/h13-17,20-21,28,30H,10-12,18-19,22,37H2,1-9H3/t28-/m0/s1. The van der Waals surface area contributed by atoms with Crippen molar-refractivity contribution < 1.29 is 41.7 Å². The van der Waals surface area contributed by atoms with Crippen molar-refractivity contribution in [2.24, 2.45) is 0 Å². The van der Waals surface area contributed by atoms with E-state index in [1.807, 2.05) is 18.2 Å². The number of benzene rings is 2. The van der Waals surface area contributed by atoms with Crippen molar-refractivity contribution in [2.75, 3.05) is 25.4 Å². The molecule has 11 nitrogen and oxygen atoms in total. The molecule has 0 bridgehead atoms. The van der Waals surface area contributed by atoms with E-state index >= 15 is 0 Å². The highest BCUT2D eigenvalue weighted by Gasteiger charge is 2.35. The maximum atomic E-state index is 13.5. The van der Waals surface area contributed by atoms with E-state index < -0.39 is 50.3 Å². The summed E-state index contributed by atoms with van der Waals surface area (Å²) in [5.74, 6) is -0.120. The molecule has 1 amide bonds. The number of nitrogens with two attached hydrogens (primary N) is 1. The third-order valence-corrected chi connectivity index (χ3v) is 12.3. The minimum atomic E-state index is -3.15. The number of fused-ring (bicyclic) bond motifs is 1.